The van der Waals surface area contributed by atoms with E-state index in [1.54, 1.807) is 18.9 Å². The van der Waals surface area contributed by atoms with Crippen molar-refractivity contribution in [3.05, 3.63) is 51.6 Å². The molecule has 0 unspecified atom stereocenters. The Morgan fingerprint density at radius 2 is 1.95 bits per heavy atom. The zero-order chi connectivity index (χ0) is 14.5. The molecule has 0 spiro atoms. The molecule has 5 heteroatoms. The lowest BCUT2D eigenvalue weighted by atomic mass is 10.2. The second kappa shape index (κ2) is 6.99. The third-order valence-electron chi connectivity index (χ3n) is 2.64. The third-order valence-corrected chi connectivity index (χ3v) is 4.98. The van der Waals surface area contributed by atoms with E-state index in [1.807, 2.05) is 42.5 Å². The molecule has 2 aromatic carbocycles. The minimum Gasteiger partial charge on any atom is -0.497 e. The van der Waals surface area contributed by atoms with Gasteiger partial charge in [-0.25, -0.2) is 0 Å². The number of carboxylic acids is 1. The zero-order valence-electron chi connectivity index (χ0n) is 10.8. The van der Waals surface area contributed by atoms with Gasteiger partial charge in [0.05, 0.1) is 13.5 Å². The van der Waals surface area contributed by atoms with Gasteiger partial charge in [-0.15, -0.1) is 0 Å². The highest BCUT2D eigenvalue weighted by molar-refractivity contribution is 14.1. The van der Waals surface area contributed by atoms with E-state index >= 15 is 0 Å². The molecule has 2 aromatic rings. The summed E-state index contributed by atoms with van der Waals surface area (Å²) in [5.74, 6) is 0.0252. The van der Waals surface area contributed by atoms with Crippen LogP contribution in [0.4, 0.5) is 0 Å². The van der Waals surface area contributed by atoms with Crippen molar-refractivity contribution in [1.29, 1.82) is 0 Å². The van der Waals surface area contributed by atoms with Gasteiger partial charge in [0, 0.05) is 13.4 Å². The maximum Gasteiger partial charge on any atom is 0.307 e. The average molecular weight is 400 g/mol. The maximum atomic E-state index is 10.7. The first kappa shape index (κ1) is 15.2. The number of methoxy groups -OCH3 is 1. The van der Waals surface area contributed by atoms with Gasteiger partial charge in [0.2, 0.25) is 0 Å². The van der Waals surface area contributed by atoms with Gasteiger partial charge in [-0.2, -0.15) is 0 Å². The molecule has 0 atom stereocenters. The number of hydrogen-bond acceptors (Lipinski definition) is 3. The minimum absolute atomic E-state index is 0.0590. The molecule has 0 aliphatic carbocycles. The molecule has 0 aliphatic rings. The van der Waals surface area contributed by atoms with E-state index in [4.69, 9.17) is 9.84 Å². The van der Waals surface area contributed by atoms with Crippen LogP contribution in [-0.2, 0) is 11.2 Å². The summed E-state index contributed by atoms with van der Waals surface area (Å²) in [5.41, 5.74) is 0.820. The van der Waals surface area contributed by atoms with Crippen LogP contribution in [0.3, 0.4) is 0 Å². The van der Waals surface area contributed by atoms with Crippen LogP contribution >= 0.6 is 34.4 Å². The van der Waals surface area contributed by atoms with Gasteiger partial charge >= 0.3 is 5.97 Å². The van der Waals surface area contributed by atoms with Gasteiger partial charge in [-0.3, -0.25) is 4.79 Å². The zero-order valence-corrected chi connectivity index (χ0v) is 13.8. The van der Waals surface area contributed by atoms with Crippen molar-refractivity contribution in [3.8, 4) is 5.75 Å². The summed E-state index contributed by atoms with van der Waals surface area (Å²) in [6.45, 7) is 0. The van der Waals surface area contributed by atoms with E-state index in [1.165, 1.54) is 0 Å². The van der Waals surface area contributed by atoms with Crippen LogP contribution in [0, 0.1) is 3.57 Å². The number of halogens is 1. The molecule has 1 N–H and O–H groups in total. The maximum absolute atomic E-state index is 10.7. The lowest BCUT2D eigenvalue weighted by Crippen LogP contribution is -2.00. The van der Waals surface area contributed by atoms with Crippen molar-refractivity contribution < 1.29 is 14.6 Å². The Labute approximate surface area is 135 Å². The number of carboxylic acid groups (broad SMARTS) is 1. The van der Waals surface area contributed by atoms with Crippen molar-refractivity contribution in [2.75, 3.05) is 7.11 Å². The molecule has 0 saturated heterocycles. The highest BCUT2D eigenvalue weighted by Crippen LogP contribution is 2.32. The summed E-state index contributed by atoms with van der Waals surface area (Å²) < 4.78 is 6.19. The monoisotopic (exact) mass is 400 g/mol. The smallest absolute Gasteiger partial charge is 0.307 e. The summed E-state index contributed by atoms with van der Waals surface area (Å²) in [6, 6.07) is 13.6. The van der Waals surface area contributed by atoms with E-state index in [0.717, 1.165) is 24.7 Å². The largest absolute Gasteiger partial charge is 0.497 e. The fourth-order valence-corrected chi connectivity index (χ4v) is 3.41. The van der Waals surface area contributed by atoms with Gasteiger partial charge in [0.1, 0.15) is 5.75 Å². The molecule has 0 aliphatic heterocycles. The third kappa shape index (κ3) is 4.14. The Hall–Kier alpha value is -1.21. The van der Waals surface area contributed by atoms with E-state index in [9.17, 15) is 4.79 Å². The Morgan fingerprint density at radius 1 is 1.25 bits per heavy atom. The first-order valence-electron chi connectivity index (χ1n) is 5.90. The van der Waals surface area contributed by atoms with Crippen molar-refractivity contribution in [2.45, 2.75) is 16.2 Å². The average Bonchev–Trinajstić information content (AvgIpc) is 2.42. The second-order valence-electron chi connectivity index (χ2n) is 4.11. The molecular weight excluding hydrogens is 387 g/mol. The Balaban J connectivity index is 2.14. The fraction of sp³-hybridized carbons (Fsp3) is 0.133. The van der Waals surface area contributed by atoms with Crippen LogP contribution in [0.2, 0.25) is 0 Å². The van der Waals surface area contributed by atoms with Gasteiger partial charge in [0.25, 0.3) is 0 Å². The van der Waals surface area contributed by atoms with Gasteiger partial charge in [0.15, 0.2) is 0 Å². The first-order valence-corrected chi connectivity index (χ1v) is 7.80. The quantitative estimate of drug-likeness (QED) is 0.769. The Bertz CT molecular complexity index is 611. The number of rotatable bonds is 5. The van der Waals surface area contributed by atoms with Crippen LogP contribution < -0.4 is 4.74 Å². The minimum atomic E-state index is -0.809. The molecule has 0 amide bonds. The van der Waals surface area contributed by atoms with Crippen molar-refractivity contribution in [1.82, 2.24) is 0 Å². The summed E-state index contributed by atoms with van der Waals surface area (Å²) in [6.07, 6.45) is 0.0590. The molecular formula is C15H13IO3S. The van der Waals surface area contributed by atoms with Crippen LogP contribution in [0.5, 0.6) is 5.75 Å². The SMILES string of the molecule is COc1ccc(Sc2ccc(CC(=O)O)cc2I)cc1. The van der Waals surface area contributed by atoms with Crippen LogP contribution in [0.25, 0.3) is 0 Å². The van der Waals surface area contributed by atoms with Gasteiger partial charge < -0.3 is 9.84 Å². The van der Waals surface area contributed by atoms with E-state index < -0.39 is 5.97 Å². The number of aliphatic carboxylic acids is 1. The normalized spacial score (nSPS) is 10.3. The van der Waals surface area contributed by atoms with Crippen molar-refractivity contribution >= 4 is 40.3 Å². The van der Waals surface area contributed by atoms with E-state index in [-0.39, 0.29) is 6.42 Å². The lowest BCUT2D eigenvalue weighted by molar-refractivity contribution is -0.136. The molecule has 0 radical (unpaired) electrons. The highest BCUT2D eigenvalue weighted by atomic mass is 127. The Kier molecular flexibility index (Phi) is 5.31. The van der Waals surface area contributed by atoms with E-state index in [0.29, 0.717) is 0 Å². The van der Waals surface area contributed by atoms with Crippen molar-refractivity contribution in [3.63, 3.8) is 0 Å². The van der Waals surface area contributed by atoms with Crippen LogP contribution in [0.15, 0.2) is 52.3 Å². The first-order chi connectivity index (χ1) is 9.58. The molecule has 0 bridgehead atoms. The lowest BCUT2D eigenvalue weighted by Gasteiger charge is -2.07. The predicted octanol–water partition coefficient (Wildman–Crippen LogP) is 4.08. The fourth-order valence-electron chi connectivity index (χ4n) is 1.68. The molecule has 3 nitrogen and oxygen atoms in total. The number of hydrogen-bond donors (Lipinski definition) is 1. The van der Waals surface area contributed by atoms with Gasteiger partial charge in [-0.05, 0) is 64.6 Å². The predicted molar refractivity (Wildman–Crippen MR) is 87.6 cm³/mol. The summed E-state index contributed by atoms with van der Waals surface area (Å²) in [7, 11) is 1.65. The topological polar surface area (TPSA) is 46.5 Å². The molecule has 0 heterocycles. The summed E-state index contributed by atoms with van der Waals surface area (Å²) in [4.78, 5) is 12.9. The molecule has 20 heavy (non-hydrogen) atoms. The van der Waals surface area contributed by atoms with Crippen molar-refractivity contribution in [2.24, 2.45) is 0 Å². The second-order valence-corrected chi connectivity index (χ2v) is 6.39. The van der Waals surface area contributed by atoms with Gasteiger partial charge in [-0.1, -0.05) is 17.8 Å². The summed E-state index contributed by atoms with van der Waals surface area (Å²) in [5, 5.41) is 8.79. The van der Waals surface area contributed by atoms with Crippen LogP contribution in [0.1, 0.15) is 5.56 Å². The molecule has 0 aromatic heterocycles. The van der Waals surface area contributed by atoms with Crippen LogP contribution in [-0.4, -0.2) is 18.2 Å². The molecule has 0 fully saturated rings. The number of benzene rings is 2. The number of carbonyl (C=O) groups is 1. The molecule has 0 saturated carbocycles. The number of ether oxygens (including phenoxy) is 1. The summed E-state index contributed by atoms with van der Waals surface area (Å²) >= 11 is 3.89. The standard InChI is InChI=1S/C15H13IO3S/c1-19-11-3-5-12(6-4-11)20-14-7-2-10(8-13(14)16)9-15(17)18/h2-8H,9H2,1H3,(H,17,18). The Morgan fingerprint density at radius 3 is 2.50 bits per heavy atom. The molecule has 104 valence electrons. The van der Waals surface area contributed by atoms with E-state index in [2.05, 4.69) is 22.6 Å². The highest BCUT2D eigenvalue weighted by Gasteiger charge is 2.06. The molecule has 2 rings (SSSR count).